The van der Waals surface area contributed by atoms with Crippen molar-refractivity contribution in [1.29, 1.82) is 0 Å². The smallest absolute Gasteiger partial charge is 0.409 e. The highest BCUT2D eigenvalue weighted by atomic mass is 16.6. The predicted molar refractivity (Wildman–Crippen MR) is 94.2 cm³/mol. The first-order valence-corrected chi connectivity index (χ1v) is 8.70. The number of hydrogen-bond acceptors (Lipinski definition) is 6. The highest BCUT2D eigenvalue weighted by Gasteiger charge is 2.34. The van der Waals surface area contributed by atoms with Crippen LogP contribution >= 0.6 is 0 Å². The maximum Gasteiger partial charge on any atom is 0.409 e. The normalized spacial score (nSPS) is 19.6. The van der Waals surface area contributed by atoms with Gasteiger partial charge in [-0.3, -0.25) is 4.79 Å². The lowest BCUT2D eigenvalue weighted by Gasteiger charge is -2.34. The lowest BCUT2D eigenvalue weighted by molar-refractivity contribution is -0.143. The van der Waals surface area contributed by atoms with Crippen LogP contribution in [0.4, 0.5) is 4.79 Å². The zero-order valence-electron chi connectivity index (χ0n) is 15.0. The largest absolute Gasteiger partial charge is 0.497 e. The molecule has 140 valence electrons. The first-order chi connectivity index (χ1) is 12.6. The Bertz CT molecular complexity index is 681. The number of piperazine rings is 1. The molecule has 1 fully saturated rings. The summed E-state index contributed by atoms with van der Waals surface area (Å²) in [5.74, 6) is 0.668. The third-order valence-corrected chi connectivity index (χ3v) is 4.48. The van der Waals surface area contributed by atoms with Gasteiger partial charge in [0.15, 0.2) is 0 Å². The second-order valence-corrected chi connectivity index (χ2v) is 6.08. The Labute approximate surface area is 152 Å². The fourth-order valence-electron chi connectivity index (χ4n) is 2.99. The average molecular weight is 361 g/mol. The standard InChI is InChI=1S/C18H23N3O5/c1-3-25-18(23)21-10-8-20(9-11-21)17(22)16-12-15(19-26-16)13-4-6-14(24-2)7-5-13/h4-7,16H,3,8-12H2,1-2H3/t16-/m0/s1. The van der Waals surface area contributed by atoms with Crippen LogP contribution in [0.15, 0.2) is 29.4 Å². The Hall–Kier alpha value is -2.77. The van der Waals surface area contributed by atoms with Crippen LogP contribution in [-0.4, -0.2) is 73.5 Å². The first kappa shape index (κ1) is 18.0. The summed E-state index contributed by atoms with van der Waals surface area (Å²) < 4.78 is 10.1. The van der Waals surface area contributed by atoms with Crippen LogP contribution < -0.4 is 4.74 Å². The maximum atomic E-state index is 12.7. The van der Waals surface area contributed by atoms with Gasteiger partial charge in [0, 0.05) is 32.6 Å². The van der Waals surface area contributed by atoms with Gasteiger partial charge in [-0.15, -0.1) is 0 Å². The summed E-state index contributed by atoms with van der Waals surface area (Å²) in [5.41, 5.74) is 1.66. The van der Waals surface area contributed by atoms with Crippen molar-refractivity contribution in [1.82, 2.24) is 9.80 Å². The predicted octanol–water partition coefficient (Wildman–Crippen LogP) is 1.49. The van der Waals surface area contributed by atoms with Gasteiger partial charge in [-0.1, -0.05) is 5.16 Å². The van der Waals surface area contributed by atoms with Crippen LogP contribution in [0.2, 0.25) is 0 Å². The minimum Gasteiger partial charge on any atom is -0.497 e. The van der Waals surface area contributed by atoms with Gasteiger partial charge in [0.1, 0.15) is 5.75 Å². The number of hydrogen-bond donors (Lipinski definition) is 0. The molecule has 0 radical (unpaired) electrons. The van der Waals surface area contributed by atoms with Gasteiger partial charge in [0.25, 0.3) is 5.91 Å². The molecule has 2 heterocycles. The summed E-state index contributed by atoms with van der Waals surface area (Å²) in [6.07, 6.45) is -0.508. The molecule has 2 amide bonds. The molecule has 0 spiro atoms. The van der Waals surface area contributed by atoms with Crippen molar-refractivity contribution in [3.8, 4) is 5.75 Å². The summed E-state index contributed by atoms with van der Waals surface area (Å²) >= 11 is 0. The van der Waals surface area contributed by atoms with Gasteiger partial charge >= 0.3 is 6.09 Å². The summed E-state index contributed by atoms with van der Waals surface area (Å²) in [6.45, 7) is 3.98. The third-order valence-electron chi connectivity index (χ3n) is 4.48. The molecule has 3 rings (SSSR count). The Balaban J connectivity index is 1.52. The van der Waals surface area contributed by atoms with Gasteiger partial charge < -0.3 is 24.1 Å². The van der Waals surface area contributed by atoms with Crippen molar-refractivity contribution in [3.63, 3.8) is 0 Å². The van der Waals surface area contributed by atoms with Crippen molar-refractivity contribution in [2.24, 2.45) is 5.16 Å². The number of amides is 2. The van der Waals surface area contributed by atoms with Crippen LogP contribution in [-0.2, 0) is 14.4 Å². The van der Waals surface area contributed by atoms with Crippen molar-refractivity contribution < 1.29 is 23.9 Å². The Morgan fingerprint density at radius 1 is 1.15 bits per heavy atom. The van der Waals surface area contributed by atoms with E-state index in [-0.39, 0.29) is 12.0 Å². The summed E-state index contributed by atoms with van der Waals surface area (Å²) in [4.78, 5) is 33.1. The van der Waals surface area contributed by atoms with E-state index in [1.54, 1.807) is 23.8 Å². The molecule has 0 saturated carbocycles. The molecule has 8 nitrogen and oxygen atoms in total. The quantitative estimate of drug-likeness (QED) is 0.812. The second-order valence-electron chi connectivity index (χ2n) is 6.08. The molecule has 0 aromatic heterocycles. The van der Waals surface area contributed by atoms with Crippen LogP contribution in [0, 0.1) is 0 Å². The van der Waals surface area contributed by atoms with E-state index in [2.05, 4.69) is 5.16 Å². The number of carbonyl (C=O) groups is 2. The number of ether oxygens (including phenoxy) is 2. The molecule has 0 unspecified atom stereocenters. The molecular weight excluding hydrogens is 338 g/mol. The van der Waals surface area contributed by atoms with E-state index in [1.165, 1.54) is 0 Å². The van der Waals surface area contributed by atoms with Crippen LogP contribution in [0.5, 0.6) is 5.75 Å². The van der Waals surface area contributed by atoms with E-state index in [1.807, 2.05) is 24.3 Å². The molecule has 2 aliphatic heterocycles. The molecule has 1 aromatic rings. The molecule has 1 atom stereocenters. The Morgan fingerprint density at radius 2 is 1.81 bits per heavy atom. The summed E-state index contributed by atoms with van der Waals surface area (Å²) in [6, 6.07) is 7.49. The molecule has 1 aromatic carbocycles. The first-order valence-electron chi connectivity index (χ1n) is 8.70. The van der Waals surface area contributed by atoms with Crippen LogP contribution in [0.25, 0.3) is 0 Å². The summed E-state index contributed by atoms with van der Waals surface area (Å²) in [7, 11) is 1.61. The number of carbonyl (C=O) groups excluding carboxylic acids is 2. The van der Waals surface area contributed by atoms with Gasteiger partial charge in [-0.25, -0.2) is 4.79 Å². The molecule has 2 aliphatic rings. The van der Waals surface area contributed by atoms with E-state index in [0.29, 0.717) is 39.2 Å². The van der Waals surface area contributed by atoms with Crippen molar-refractivity contribution >= 4 is 17.7 Å². The average Bonchev–Trinajstić information content (AvgIpc) is 3.18. The second kappa shape index (κ2) is 8.07. The minimum absolute atomic E-state index is 0.0965. The number of rotatable bonds is 4. The van der Waals surface area contributed by atoms with Gasteiger partial charge in [-0.05, 0) is 36.8 Å². The SMILES string of the molecule is CCOC(=O)N1CCN(C(=O)[C@@H]2CC(c3ccc(OC)cc3)=NO2)CC1. The highest BCUT2D eigenvalue weighted by molar-refractivity contribution is 6.04. The van der Waals surface area contributed by atoms with E-state index < -0.39 is 6.10 Å². The monoisotopic (exact) mass is 361 g/mol. The topological polar surface area (TPSA) is 80.7 Å². The fraction of sp³-hybridized carbons (Fsp3) is 0.500. The number of benzene rings is 1. The lowest BCUT2D eigenvalue weighted by atomic mass is 10.0. The van der Waals surface area contributed by atoms with Crippen LogP contribution in [0.1, 0.15) is 18.9 Å². The van der Waals surface area contributed by atoms with E-state index in [9.17, 15) is 9.59 Å². The zero-order chi connectivity index (χ0) is 18.5. The molecular formula is C18H23N3O5. The van der Waals surface area contributed by atoms with E-state index >= 15 is 0 Å². The fourth-order valence-corrected chi connectivity index (χ4v) is 2.99. The van der Waals surface area contributed by atoms with Gasteiger partial charge in [0.05, 0.1) is 19.4 Å². The Kier molecular flexibility index (Phi) is 5.60. The third kappa shape index (κ3) is 3.89. The molecule has 1 saturated heterocycles. The van der Waals surface area contributed by atoms with Crippen molar-refractivity contribution in [2.45, 2.75) is 19.4 Å². The minimum atomic E-state index is -0.610. The molecule has 26 heavy (non-hydrogen) atoms. The molecule has 0 aliphatic carbocycles. The van der Waals surface area contributed by atoms with E-state index in [4.69, 9.17) is 14.3 Å². The molecule has 8 heteroatoms. The number of oxime groups is 1. The Morgan fingerprint density at radius 3 is 2.42 bits per heavy atom. The van der Waals surface area contributed by atoms with Crippen molar-refractivity contribution in [2.75, 3.05) is 39.9 Å². The van der Waals surface area contributed by atoms with Crippen LogP contribution in [0.3, 0.4) is 0 Å². The maximum absolute atomic E-state index is 12.7. The summed E-state index contributed by atoms with van der Waals surface area (Å²) in [5, 5.41) is 4.07. The zero-order valence-corrected chi connectivity index (χ0v) is 15.0. The molecule has 0 bridgehead atoms. The molecule has 0 N–H and O–H groups in total. The lowest BCUT2D eigenvalue weighted by Crippen LogP contribution is -2.53. The van der Waals surface area contributed by atoms with Gasteiger partial charge in [-0.2, -0.15) is 0 Å². The number of methoxy groups -OCH3 is 1. The van der Waals surface area contributed by atoms with E-state index in [0.717, 1.165) is 17.0 Å². The van der Waals surface area contributed by atoms with Gasteiger partial charge in [0.2, 0.25) is 6.10 Å². The highest BCUT2D eigenvalue weighted by Crippen LogP contribution is 2.21. The van der Waals surface area contributed by atoms with Crippen molar-refractivity contribution in [3.05, 3.63) is 29.8 Å². The number of nitrogens with zero attached hydrogens (tertiary/aromatic N) is 3.